The summed E-state index contributed by atoms with van der Waals surface area (Å²) >= 11 is 1.52. The molecule has 0 spiro atoms. The van der Waals surface area contributed by atoms with Crippen LogP contribution in [0.15, 0.2) is 36.4 Å². The number of fused-ring (bicyclic) bond motifs is 1. The highest BCUT2D eigenvalue weighted by Gasteiger charge is 2.25. The molecule has 0 aliphatic rings. The van der Waals surface area contributed by atoms with Gasteiger partial charge in [-0.15, -0.1) is 0 Å². The summed E-state index contributed by atoms with van der Waals surface area (Å²) in [4.78, 5) is 22.4. The van der Waals surface area contributed by atoms with Gasteiger partial charge in [0.05, 0.1) is 30.0 Å². The molecule has 0 saturated heterocycles. The highest BCUT2D eigenvalue weighted by atomic mass is 32.1. The van der Waals surface area contributed by atoms with E-state index in [1.165, 1.54) is 11.3 Å². The Morgan fingerprint density at radius 3 is 2.15 bits per heavy atom. The smallest absolute Gasteiger partial charge is 0.260 e. The lowest BCUT2D eigenvalue weighted by atomic mass is 10.1. The van der Waals surface area contributed by atoms with Crippen molar-refractivity contribution in [2.45, 2.75) is 27.2 Å². The van der Waals surface area contributed by atoms with E-state index in [0.29, 0.717) is 54.3 Å². The molecule has 8 heteroatoms. The van der Waals surface area contributed by atoms with Crippen molar-refractivity contribution in [3.8, 4) is 17.2 Å². The van der Waals surface area contributed by atoms with Crippen LogP contribution in [-0.4, -0.2) is 62.8 Å². The molecule has 0 aliphatic heterocycles. The molecule has 33 heavy (non-hydrogen) atoms. The number of carbonyl (C=O) groups excluding carboxylic acids is 1. The van der Waals surface area contributed by atoms with E-state index in [1.807, 2.05) is 59.1 Å². The third-order valence-corrected chi connectivity index (χ3v) is 5.96. The highest BCUT2D eigenvalue weighted by Crippen LogP contribution is 2.40. The molecule has 0 unspecified atom stereocenters. The lowest BCUT2D eigenvalue weighted by molar-refractivity contribution is 0.0985. The second-order valence-corrected chi connectivity index (χ2v) is 8.69. The van der Waals surface area contributed by atoms with Crippen molar-refractivity contribution in [2.24, 2.45) is 0 Å². The zero-order valence-corrected chi connectivity index (χ0v) is 20.9. The van der Waals surface area contributed by atoms with Gasteiger partial charge in [0.25, 0.3) is 5.91 Å². The lowest BCUT2D eigenvalue weighted by Crippen LogP contribution is -2.33. The molecule has 178 valence electrons. The molecule has 0 fully saturated rings. The number of ether oxygens (including phenoxy) is 3. The molecule has 1 heterocycles. The summed E-state index contributed by atoms with van der Waals surface area (Å²) in [5.74, 6) is 1.40. The molecule has 0 N–H and O–H groups in total. The number of benzene rings is 2. The Bertz CT molecular complexity index is 1010. The van der Waals surface area contributed by atoms with E-state index in [-0.39, 0.29) is 5.91 Å². The average molecular weight is 472 g/mol. The SMILES string of the molecule is CCOc1cc(C(=O)N(CCCN(C)C)c2nc3ccccc3s2)cc(OCC)c1OCC. The van der Waals surface area contributed by atoms with E-state index in [0.717, 1.165) is 23.2 Å². The molecule has 1 aromatic heterocycles. The van der Waals surface area contributed by atoms with Crippen molar-refractivity contribution in [1.82, 2.24) is 9.88 Å². The van der Waals surface area contributed by atoms with Gasteiger partial charge in [-0.3, -0.25) is 9.69 Å². The van der Waals surface area contributed by atoms with Crippen molar-refractivity contribution in [2.75, 3.05) is 51.9 Å². The highest BCUT2D eigenvalue weighted by molar-refractivity contribution is 7.22. The minimum absolute atomic E-state index is 0.141. The predicted molar refractivity (Wildman–Crippen MR) is 134 cm³/mol. The van der Waals surface area contributed by atoms with Gasteiger partial charge in [-0.1, -0.05) is 23.5 Å². The normalized spacial score (nSPS) is 11.1. The number of aromatic nitrogens is 1. The monoisotopic (exact) mass is 471 g/mol. The fraction of sp³-hybridized carbons (Fsp3) is 0.440. The second kappa shape index (κ2) is 11.9. The van der Waals surface area contributed by atoms with E-state index in [9.17, 15) is 4.79 Å². The molecule has 7 nitrogen and oxygen atoms in total. The number of thiazole rings is 1. The van der Waals surface area contributed by atoms with Gasteiger partial charge in [-0.2, -0.15) is 0 Å². The molecule has 0 atom stereocenters. The number of carbonyl (C=O) groups is 1. The zero-order valence-electron chi connectivity index (χ0n) is 20.1. The molecule has 0 bridgehead atoms. The van der Waals surface area contributed by atoms with Gasteiger partial charge in [0.2, 0.25) is 5.75 Å². The first-order valence-electron chi connectivity index (χ1n) is 11.4. The summed E-state index contributed by atoms with van der Waals surface area (Å²) in [6.45, 7) is 8.50. The Hall–Kier alpha value is -2.84. The van der Waals surface area contributed by atoms with E-state index in [1.54, 1.807) is 17.0 Å². The van der Waals surface area contributed by atoms with Crippen molar-refractivity contribution < 1.29 is 19.0 Å². The number of anilines is 1. The fourth-order valence-corrected chi connectivity index (χ4v) is 4.46. The van der Waals surface area contributed by atoms with Crippen LogP contribution in [-0.2, 0) is 0 Å². The van der Waals surface area contributed by atoms with Gasteiger partial charge in [0.15, 0.2) is 16.6 Å². The summed E-state index contributed by atoms with van der Waals surface area (Å²) in [6.07, 6.45) is 0.822. The number of para-hydroxylation sites is 1. The van der Waals surface area contributed by atoms with Crippen LogP contribution in [0.4, 0.5) is 5.13 Å². The van der Waals surface area contributed by atoms with Gasteiger partial charge >= 0.3 is 0 Å². The van der Waals surface area contributed by atoms with Crippen LogP contribution in [0, 0.1) is 0 Å². The molecule has 2 aromatic carbocycles. The number of rotatable bonds is 12. The van der Waals surface area contributed by atoms with E-state index in [2.05, 4.69) is 4.90 Å². The van der Waals surface area contributed by atoms with Crippen LogP contribution in [0.3, 0.4) is 0 Å². The fourth-order valence-electron chi connectivity index (χ4n) is 3.47. The molecule has 0 saturated carbocycles. The van der Waals surface area contributed by atoms with Crippen LogP contribution in [0.1, 0.15) is 37.6 Å². The first-order chi connectivity index (χ1) is 16.0. The molecule has 0 radical (unpaired) electrons. The largest absolute Gasteiger partial charge is 0.490 e. The van der Waals surface area contributed by atoms with Crippen LogP contribution in [0.25, 0.3) is 10.2 Å². The Morgan fingerprint density at radius 1 is 0.939 bits per heavy atom. The maximum Gasteiger partial charge on any atom is 0.260 e. The molecule has 1 amide bonds. The van der Waals surface area contributed by atoms with E-state index >= 15 is 0 Å². The van der Waals surface area contributed by atoms with E-state index in [4.69, 9.17) is 19.2 Å². The molecular formula is C25H33N3O4S. The lowest BCUT2D eigenvalue weighted by Gasteiger charge is -2.22. The zero-order chi connectivity index (χ0) is 23.8. The van der Waals surface area contributed by atoms with Gasteiger partial charge < -0.3 is 19.1 Å². The summed E-state index contributed by atoms with van der Waals surface area (Å²) in [5.41, 5.74) is 1.37. The maximum atomic E-state index is 13.8. The summed E-state index contributed by atoms with van der Waals surface area (Å²) < 4.78 is 18.5. The topological polar surface area (TPSA) is 64.1 Å². The number of hydrogen-bond acceptors (Lipinski definition) is 7. The minimum atomic E-state index is -0.141. The molecule has 3 aromatic rings. The summed E-state index contributed by atoms with van der Waals surface area (Å²) in [7, 11) is 4.05. The average Bonchev–Trinajstić information content (AvgIpc) is 3.22. The van der Waals surface area contributed by atoms with Crippen molar-refractivity contribution in [1.29, 1.82) is 0 Å². The van der Waals surface area contributed by atoms with Gasteiger partial charge in [-0.25, -0.2) is 4.98 Å². The number of hydrogen-bond donors (Lipinski definition) is 0. The van der Waals surface area contributed by atoms with Gasteiger partial charge in [0, 0.05) is 12.1 Å². The number of nitrogens with zero attached hydrogens (tertiary/aromatic N) is 3. The third kappa shape index (κ3) is 6.15. The van der Waals surface area contributed by atoms with E-state index < -0.39 is 0 Å². The van der Waals surface area contributed by atoms with Crippen LogP contribution in [0.5, 0.6) is 17.2 Å². The van der Waals surface area contributed by atoms with Gasteiger partial charge in [0.1, 0.15) is 0 Å². The summed E-state index contributed by atoms with van der Waals surface area (Å²) in [5, 5.41) is 0.685. The maximum absolute atomic E-state index is 13.8. The van der Waals surface area contributed by atoms with Crippen molar-refractivity contribution in [3.63, 3.8) is 0 Å². The Balaban J connectivity index is 2.03. The van der Waals surface area contributed by atoms with Crippen LogP contribution >= 0.6 is 11.3 Å². The quantitative estimate of drug-likeness (QED) is 0.367. The molecule has 3 rings (SSSR count). The predicted octanol–water partition coefficient (Wildman–Crippen LogP) is 5.09. The summed E-state index contributed by atoms with van der Waals surface area (Å²) in [6, 6.07) is 11.4. The third-order valence-electron chi connectivity index (χ3n) is 4.90. The Labute approximate surface area is 199 Å². The minimum Gasteiger partial charge on any atom is -0.490 e. The van der Waals surface area contributed by atoms with Crippen LogP contribution in [0.2, 0.25) is 0 Å². The Morgan fingerprint density at radius 2 is 1.58 bits per heavy atom. The molecular weight excluding hydrogens is 438 g/mol. The van der Waals surface area contributed by atoms with Gasteiger partial charge in [-0.05, 0) is 72.1 Å². The van der Waals surface area contributed by atoms with Crippen LogP contribution < -0.4 is 19.1 Å². The first kappa shape index (κ1) is 24.8. The van der Waals surface area contributed by atoms with Crippen molar-refractivity contribution >= 4 is 32.6 Å². The number of amides is 1. The standard InChI is InChI=1S/C25H33N3O4S/c1-6-30-20-16-18(17-21(31-7-2)23(20)32-8-3)24(29)28(15-11-14-27(4)5)25-26-19-12-9-10-13-22(19)33-25/h9-10,12-13,16-17H,6-8,11,14-15H2,1-5H3. The second-order valence-electron chi connectivity index (χ2n) is 7.68. The molecule has 0 aliphatic carbocycles. The Kier molecular flexibility index (Phi) is 8.91. The van der Waals surface area contributed by atoms with Crippen molar-refractivity contribution in [3.05, 3.63) is 42.0 Å². The first-order valence-corrected chi connectivity index (χ1v) is 12.2.